The van der Waals surface area contributed by atoms with Crippen molar-refractivity contribution in [2.24, 2.45) is 0 Å². The second-order valence-electron chi connectivity index (χ2n) is 5.25. The summed E-state index contributed by atoms with van der Waals surface area (Å²) in [5, 5.41) is 13.1. The predicted molar refractivity (Wildman–Crippen MR) is 91.5 cm³/mol. The number of ether oxygens (including phenoxy) is 1. The van der Waals surface area contributed by atoms with Crippen LogP contribution in [0.1, 0.15) is 0 Å². The summed E-state index contributed by atoms with van der Waals surface area (Å²) in [6.07, 6.45) is 0. The van der Waals surface area contributed by atoms with Gasteiger partial charge in [-0.05, 0) is 24.3 Å². The summed E-state index contributed by atoms with van der Waals surface area (Å²) in [6, 6.07) is 15.0. The monoisotopic (exact) mass is 324 g/mol. The average Bonchev–Trinajstić information content (AvgIpc) is 2.59. The molecule has 0 bridgehead atoms. The molecule has 0 aliphatic rings. The van der Waals surface area contributed by atoms with Crippen LogP contribution < -0.4 is 15.6 Å². The van der Waals surface area contributed by atoms with Gasteiger partial charge in [-0.3, -0.25) is 14.2 Å². The van der Waals surface area contributed by atoms with Gasteiger partial charge in [0, 0.05) is 23.2 Å². The third-order valence-electron chi connectivity index (χ3n) is 3.65. The maximum Gasteiger partial charge on any atom is 0.255 e. The van der Waals surface area contributed by atoms with Crippen LogP contribution in [-0.2, 0) is 11.3 Å². The van der Waals surface area contributed by atoms with E-state index in [0.717, 1.165) is 6.07 Å². The van der Waals surface area contributed by atoms with Crippen LogP contribution >= 0.6 is 0 Å². The molecule has 0 saturated heterocycles. The van der Waals surface area contributed by atoms with Crippen LogP contribution in [0.25, 0.3) is 10.9 Å². The van der Waals surface area contributed by atoms with E-state index in [0.29, 0.717) is 22.3 Å². The number of para-hydroxylation sites is 1. The molecule has 2 N–H and O–H groups in total. The van der Waals surface area contributed by atoms with Gasteiger partial charge in [0.05, 0.1) is 12.6 Å². The maximum absolute atomic E-state index is 12.3. The van der Waals surface area contributed by atoms with Crippen molar-refractivity contribution in [2.45, 2.75) is 6.54 Å². The van der Waals surface area contributed by atoms with Crippen molar-refractivity contribution in [3.8, 4) is 11.5 Å². The van der Waals surface area contributed by atoms with E-state index in [9.17, 15) is 14.7 Å². The molecule has 1 aromatic heterocycles. The second-order valence-corrected chi connectivity index (χ2v) is 5.25. The molecule has 0 saturated carbocycles. The zero-order valence-corrected chi connectivity index (χ0v) is 13.0. The number of carbonyl (C=O) groups is 1. The van der Waals surface area contributed by atoms with E-state index in [1.807, 2.05) is 0 Å². The number of hydrogen-bond donors (Lipinski definition) is 2. The van der Waals surface area contributed by atoms with Gasteiger partial charge in [0.15, 0.2) is 0 Å². The Balaban J connectivity index is 1.89. The fraction of sp³-hybridized carbons (Fsp3) is 0.111. The highest BCUT2D eigenvalue weighted by Gasteiger charge is 2.11. The zero-order chi connectivity index (χ0) is 17.1. The highest BCUT2D eigenvalue weighted by molar-refractivity contribution is 5.92. The summed E-state index contributed by atoms with van der Waals surface area (Å²) in [5.41, 5.74) is 0.644. The molecule has 3 aromatic rings. The number of aromatic hydroxyl groups is 1. The van der Waals surface area contributed by atoms with Crippen LogP contribution in [0, 0.1) is 0 Å². The maximum atomic E-state index is 12.3. The smallest absolute Gasteiger partial charge is 0.255 e. The van der Waals surface area contributed by atoms with Crippen LogP contribution in [0.3, 0.4) is 0 Å². The molecule has 0 fully saturated rings. The summed E-state index contributed by atoms with van der Waals surface area (Å²) in [7, 11) is 1.54. The number of nitrogens with zero attached hydrogens (tertiary/aromatic N) is 1. The zero-order valence-electron chi connectivity index (χ0n) is 13.0. The molecule has 0 aliphatic carbocycles. The lowest BCUT2D eigenvalue weighted by Crippen LogP contribution is -2.27. The number of pyridine rings is 1. The van der Waals surface area contributed by atoms with Crippen LogP contribution in [0.2, 0.25) is 0 Å². The standard InChI is InChI=1S/C18H16N2O4/c1-24-13-6-4-5-12(9-13)19-17(22)11-20-15-8-3-2-7-14(15)16(21)10-18(20)23/h2-10,21H,11H2,1H3,(H,19,22). The van der Waals surface area contributed by atoms with Crippen molar-refractivity contribution in [3.05, 3.63) is 65.0 Å². The van der Waals surface area contributed by atoms with Crippen molar-refractivity contribution in [1.82, 2.24) is 4.57 Å². The van der Waals surface area contributed by atoms with Crippen molar-refractivity contribution in [1.29, 1.82) is 0 Å². The number of rotatable bonds is 4. The van der Waals surface area contributed by atoms with E-state index in [1.165, 1.54) is 4.57 Å². The molecule has 2 aromatic carbocycles. The largest absolute Gasteiger partial charge is 0.507 e. The first-order valence-electron chi connectivity index (χ1n) is 7.34. The van der Waals surface area contributed by atoms with Gasteiger partial charge < -0.3 is 15.2 Å². The summed E-state index contributed by atoms with van der Waals surface area (Å²) >= 11 is 0. The van der Waals surface area contributed by atoms with E-state index in [-0.39, 0.29) is 18.2 Å². The fourth-order valence-electron chi connectivity index (χ4n) is 2.52. The van der Waals surface area contributed by atoms with E-state index in [4.69, 9.17) is 4.74 Å². The molecule has 0 spiro atoms. The van der Waals surface area contributed by atoms with Gasteiger partial charge in [0.2, 0.25) is 5.91 Å². The third kappa shape index (κ3) is 3.08. The molecule has 24 heavy (non-hydrogen) atoms. The molecular formula is C18H16N2O4. The normalized spacial score (nSPS) is 10.5. The van der Waals surface area contributed by atoms with Crippen molar-refractivity contribution in [2.75, 3.05) is 12.4 Å². The number of methoxy groups -OCH3 is 1. The summed E-state index contributed by atoms with van der Waals surface area (Å²) in [6.45, 7) is -0.156. The lowest BCUT2D eigenvalue weighted by molar-refractivity contribution is -0.116. The molecule has 0 radical (unpaired) electrons. The van der Waals surface area contributed by atoms with Gasteiger partial charge >= 0.3 is 0 Å². The Hall–Kier alpha value is -3.28. The molecule has 0 atom stereocenters. The Bertz CT molecular complexity index is 963. The number of aromatic nitrogens is 1. The number of amides is 1. The van der Waals surface area contributed by atoms with Crippen molar-refractivity contribution < 1.29 is 14.6 Å². The molecule has 1 heterocycles. The minimum Gasteiger partial charge on any atom is -0.507 e. The quantitative estimate of drug-likeness (QED) is 0.772. The molecular weight excluding hydrogens is 308 g/mol. The van der Waals surface area contributed by atoms with Gasteiger partial charge in [-0.1, -0.05) is 18.2 Å². The Morgan fingerprint density at radius 3 is 2.75 bits per heavy atom. The summed E-state index contributed by atoms with van der Waals surface area (Å²) in [4.78, 5) is 24.4. The molecule has 0 aliphatic heterocycles. The van der Waals surface area contributed by atoms with Crippen LogP contribution in [0.4, 0.5) is 5.69 Å². The van der Waals surface area contributed by atoms with Crippen molar-refractivity contribution >= 4 is 22.5 Å². The highest BCUT2D eigenvalue weighted by atomic mass is 16.5. The third-order valence-corrected chi connectivity index (χ3v) is 3.65. The summed E-state index contributed by atoms with van der Waals surface area (Å²) < 4.78 is 6.43. The van der Waals surface area contributed by atoms with Gasteiger partial charge in [-0.2, -0.15) is 0 Å². The molecule has 6 heteroatoms. The topological polar surface area (TPSA) is 80.6 Å². The Morgan fingerprint density at radius 2 is 1.96 bits per heavy atom. The van der Waals surface area contributed by atoms with Crippen LogP contribution in [0.5, 0.6) is 11.5 Å². The molecule has 122 valence electrons. The second kappa shape index (κ2) is 6.45. The molecule has 6 nitrogen and oxygen atoms in total. The van der Waals surface area contributed by atoms with Crippen LogP contribution in [0.15, 0.2) is 59.4 Å². The van der Waals surface area contributed by atoms with Crippen molar-refractivity contribution in [3.63, 3.8) is 0 Å². The van der Waals surface area contributed by atoms with E-state index >= 15 is 0 Å². The van der Waals surface area contributed by atoms with E-state index in [1.54, 1.807) is 55.6 Å². The Morgan fingerprint density at radius 1 is 1.17 bits per heavy atom. The van der Waals surface area contributed by atoms with E-state index < -0.39 is 5.56 Å². The van der Waals surface area contributed by atoms with Crippen LogP contribution in [-0.4, -0.2) is 22.7 Å². The molecule has 3 rings (SSSR count). The Kier molecular flexibility index (Phi) is 4.20. The van der Waals surface area contributed by atoms with Gasteiger partial charge in [0.25, 0.3) is 5.56 Å². The minimum absolute atomic E-state index is 0.0972. The molecule has 0 unspecified atom stereocenters. The fourth-order valence-corrected chi connectivity index (χ4v) is 2.52. The molecule has 1 amide bonds. The number of benzene rings is 2. The number of nitrogens with one attached hydrogen (secondary N) is 1. The lowest BCUT2D eigenvalue weighted by Gasteiger charge is -2.12. The van der Waals surface area contributed by atoms with Gasteiger partial charge in [-0.15, -0.1) is 0 Å². The lowest BCUT2D eigenvalue weighted by atomic mass is 10.2. The Labute approximate surface area is 137 Å². The van der Waals surface area contributed by atoms with Gasteiger partial charge in [0.1, 0.15) is 18.0 Å². The first-order chi connectivity index (χ1) is 11.6. The number of fused-ring (bicyclic) bond motifs is 1. The average molecular weight is 324 g/mol. The SMILES string of the molecule is COc1cccc(NC(=O)Cn2c(=O)cc(O)c3ccccc32)c1. The first-order valence-corrected chi connectivity index (χ1v) is 7.34. The summed E-state index contributed by atoms with van der Waals surface area (Å²) in [5.74, 6) is 0.182. The first kappa shape index (κ1) is 15.6. The number of carbonyl (C=O) groups excluding carboxylic acids is 1. The predicted octanol–water partition coefficient (Wildman–Crippen LogP) is 2.35. The van der Waals surface area contributed by atoms with Gasteiger partial charge in [-0.25, -0.2) is 0 Å². The number of hydrogen-bond acceptors (Lipinski definition) is 4. The van der Waals surface area contributed by atoms with E-state index in [2.05, 4.69) is 5.32 Å². The highest BCUT2D eigenvalue weighted by Crippen LogP contribution is 2.22. The minimum atomic E-state index is -0.438. The number of anilines is 1.